The number of anilines is 1. The first-order valence-corrected chi connectivity index (χ1v) is 11.1. The summed E-state index contributed by atoms with van der Waals surface area (Å²) in [6.07, 6.45) is 4.95. The topological polar surface area (TPSA) is 86.8 Å². The molecule has 0 spiro atoms. The third kappa shape index (κ3) is 4.58. The number of carbonyl (C=O) groups is 4. The van der Waals surface area contributed by atoms with Gasteiger partial charge in [0.25, 0.3) is 5.91 Å². The molecule has 4 amide bonds. The Bertz CT molecular complexity index is 1090. The largest absolute Gasteiger partial charge is 0.337 e. The molecule has 1 heterocycles. The van der Waals surface area contributed by atoms with E-state index in [2.05, 4.69) is 5.32 Å². The summed E-state index contributed by atoms with van der Waals surface area (Å²) >= 11 is 0. The highest BCUT2D eigenvalue weighted by molar-refractivity contribution is 6.07. The van der Waals surface area contributed by atoms with E-state index in [0.29, 0.717) is 24.1 Å². The second-order valence-corrected chi connectivity index (χ2v) is 8.54. The molecular formula is C26H27N3O4. The summed E-state index contributed by atoms with van der Waals surface area (Å²) in [4.78, 5) is 53.4. The predicted molar refractivity (Wildman–Crippen MR) is 124 cm³/mol. The Balaban J connectivity index is 1.41. The summed E-state index contributed by atoms with van der Waals surface area (Å²) < 4.78 is 0. The Labute approximate surface area is 193 Å². The SMILES string of the molecule is C[C@H](c1cccc(NC(=O)c2ccccc2)c1)N(C)C(=O)CN1C(=O)[C@H]2CC=CC[C@@H]2C1=O. The lowest BCUT2D eigenvalue weighted by molar-refractivity contribution is -0.146. The minimum Gasteiger partial charge on any atom is -0.337 e. The highest BCUT2D eigenvalue weighted by atomic mass is 16.2. The number of nitrogens with one attached hydrogen (secondary N) is 1. The van der Waals surface area contributed by atoms with Crippen molar-refractivity contribution in [2.45, 2.75) is 25.8 Å². The zero-order chi connectivity index (χ0) is 23.5. The maximum atomic E-state index is 13.0. The van der Waals surface area contributed by atoms with Crippen LogP contribution < -0.4 is 5.32 Å². The third-order valence-electron chi connectivity index (χ3n) is 6.53. The number of nitrogens with zero attached hydrogens (tertiary/aromatic N) is 2. The van der Waals surface area contributed by atoms with Crippen LogP contribution in [0.3, 0.4) is 0 Å². The summed E-state index contributed by atoms with van der Waals surface area (Å²) in [5.74, 6) is -1.73. The lowest BCUT2D eigenvalue weighted by Gasteiger charge is -2.27. The molecule has 3 atom stereocenters. The van der Waals surface area contributed by atoms with Crippen LogP contribution >= 0.6 is 0 Å². The summed E-state index contributed by atoms with van der Waals surface area (Å²) in [7, 11) is 1.65. The van der Waals surface area contributed by atoms with E-state index in [1.807, 2.05) is 43.3 Å². The number of hydrogen-bond donors (Lipinski definition) is 1. The molecule has 1 fully saturated rings. The number of allylic oxidation sites excluding steroid dienone is 2. The lowest BCUT2D eigenvalue weighted by Crippen LogP contribution is -2.42. The molecule has 0 bridgehead atoms. The number of carbonyl (C=O) groups excluding carboxylic acids is 4. The standard InChI is InChI=1S/C26H27N3O4/c1-17(19-11-8-12-20(15-19)27-24(31)18-9-4-3-5-10-18)28(2)23(30)16-29-25(32)21-13-6-7-14-22(21)26(29)33/h3-12,15,17,21-22H,13-14,16H2,1-2H3,(H,27,31)/t17-,21+,22+/m1/s1. The summed E-state index contributed by atoms with van der Waals surface area (Å²) in [5.41, 5.74) is 2.00. The molecular weight excluding hydrogens is 418 g/mol. The van der Waals surface area contributed by atoms with Gasteiger partial charge in [0.15, 0.2) is 0 Å². The maximum Gasteiger partial charge on any atom is 0.255 e. The van der Waals surface area contributed by atoms with E-state index in [9.17, 15) is 19.2 Å². The summed E-state index contributed by atoms with van der Waals surface area (Å²) in [6, 6.07) is 15.9. The van der Waals surface area contributed by atoms with Crippen LogP contribution in [0.4, 0.5) is 5.69 Å². The molecule has 33 heavy (non-hydrogen) atoms. The first-order valence-electron chi connectivity index (χ1n) is 11.1. The predicted octanol–water partition coefficient (Wildman–Crippen LogP) is 3.41. The number of rotatable bonds is 6. The Kier molecular flexibility index (Phi) is 6.40. The van der Waals surface area contributed by atoms with E-state index in [0.717, 1.165) is 10.5 Å². The maximum absolute atomic E-state index is 13.0. The monoisotopic (exact) mass is 445 g/mol. The molecule has 1 aliphatic heterocycles. The number of imide groups is 1. The van der Waals surface area contributed by atoms with Gasteiger partial charge in [-0.1, -0.05) is 42.5 Å². The van der Waals surface area contributed by atoms with Gasteiger partial charge in [0.2, 0.25) is 17.7 Å². The molecule has 1 N–H and O–H groups in total. The highest BCUT2D eigenvalue weighted by Gasteiger charge is 2.47. The molecule has 7 heteroatoms. The Hall–Kier alpha value is -3.74. The van der Waals surface area contributed by atoms with Crippen molar-refractivity contribution < 1.29 is 19.2 Å². The van der Waals surface area contributed by atoms with Crippen molar-refractivity contribution in [1.82, 2.24) is 9.80 Å². The average Bonchev–Trinajstić information content (AvgIpc) is 3.08. The molecule has 170 valence electrons. The van der Waals surface area contributed by atoms with E-state index in [1.165, 1.54) is 4.90 Å². The molecule has 0 saturated carbocycles. The Morgan fingerprint density at radius 2 is 1.64 bits per heavy atom. The van der Waals surface area contributed by atoms with Crippen molar-refractivity contribution in [2.24, 2.45) is 11.8 Å². The Morgan fingerprint density at radius 3 is 2.27 bits per heavy atom. The number of likely N-dealkylation sites (tertiary alicyclic amines) is 1. The quantitative estimate of drug-likeness (QED) is 0.545. The fourth-order valence-electron chi connectivity index (χ4n) is 4.38. The number of hydrogen-bond acceptors (Lipinski definition) is 4. The average molecular weight is 446 g/mol. The Morgan fingerprint density at radius 1 is 1.00 bits per heavy atom. The fraction of sp³-hybridized carbons (Fsp3) is 0.308. The van der Waals surface area contributed by atoms with Crippen LogP contribution in [0.2, 0.25) is 0 Å². The van der Waals surface area contributed by atoms with Crippen molar-refractivity contribution in [3.63, 3.8) is 0 Å². The fourth-order valence-corrected chi connectivity index (χ4v) is 4.38. The smallest absolute Gasteiger partial charge is 0.255 e. The van der Waals surface area contributed by atoms with Crippen LogP contribution in [0.5, 0.6) is 0 Å². The molecule has 0 aromatic heterocycles. The summed E-state index contributed by atoms with van der Waals surface area (Å²) in [6.45, 7) is 1.61. The van der Waals surface area contributed by atoms with Gasteiger partial charge in [-0.3, -0.25) is 24.1 Å². The minimum atomic E-state index is -0.345. The van der Waals surface area contributed by atoms with E-state index in [1.54, 1.807) is 37.4 Å². The van der Waals surface area contributed by atoms with Gasteiger partial charge in [0, 0.05) is 18.3 Å². The minimum absolute atomic E-state index is 0.216. The molecule has 0 radical (unpaired) electrons. The lowest BCUT2D eigenvalue weighted by atomic mass is 9.85. The van der Waals surface area contributed by atoms with Gasteiger partial charge in [0.1, 0.15) is 6.54 Å². The zero-order valence-corrected chi connectivity index (χ0v) is 18.7. The van der Waals surface area contributed by atoms with Gasteiger partial charge in [0.05, 0.1) is 17.9 Å². The second kappa shape index (κ2) is 9.40. The zero-order valence-electron chi connectivity index (χ0n) is 18.7. The van der Waals surface area contributed by atoms with Crippen LogP contribution in [-0.4, -0.2) is 47.0 Å². The molecule has 2 aliphatic rings. The van der Waals surface area contributed by atoms with Gasteiger partial charge in [-0.15, -0.1) is 0 Å². The van der Waals surface area contributed by atoms with Crippen molar-refractivity contribution in [3.05, 3.63) is 77.9 Å². The molecule has 2 aromatic carbocycles. The molecule has 0 unspecified atom stereocenters. The van der Waals surface area contributed by atoms with Gasteiger partial charge in [-0.05, 0) is 49.6 Å². The normalized spacial score (nSPS) is 20.4. The summed E-state index contributed by atoms with van der Waals surface area (Å²) in [5, 5.41) is 2.87. The number of benzene rings is 2. The molecule has 7 nitrogen and oxygen atoms in total. The van der Waals surface area contributed by atoms with Crippen LogP contribution in [0, 0.1) is 11.8 Å². The van der Waals surface area contributed by atoms with E-state index in [4.69, 9.17) is 0 Å². The third-order valence-corrected chi connectivity index (χ3v) is 6.53. The van der Waals surface area contributed by atoms with Crippen molar-refractivity contribution in [2.75, 3.05) is 18.9 Å². The highest BCUT2D eigenvalue weighted by Crippen LogP contribution is 2.35. The van der Waals surface area contributed by atoms with Gasteiger partial charge in [-0.2, -0.15) is 0 Å². The molecule has 1 saturated heterocycles. The van der Waals surface area contributed by atoms with Crippen LogP contribution in [0.25, 0.3) is 0 Å². The van der Waals surface area contributed by atoms with E-state index >= 15 is 0 Å². The molecule has 1 aliphatic carbocycles. The van der Waals surface area contributed by atoms with Gasteiger partial charge < -0.3 is 10.2 Å². The molecule has 2 aromatic rings. The number of amides is 4. The second-order valence-electron chi connectivity index (χ2n) is 8.54. The van der Waals surface area contributed by atoms with E-state index < -0.39 is 0 Å². The van der Waals surface area contributed by atoms with Gasteiger partial charge in [-0.25, -0.2) is 0 Å². The number of fused-ring (bicyclic) bond motifs is 1. The first-order chi connectivity index (χ1) is 15.9. The first kappa shape index (κ1) is 22.5. The van der Waals surface area contributed by atoms with E-state index in [-0.39, 0.29) is 48.1 Å². The van der Waals surface area contributed by atoms with Crippen molar-refractivity contribution in [1.29, 1.82) is 0 Å². The van der Waals surface area contributed by atoms with Crippen LogP contribution in [0.1, 0.15) is 41.7 Å². The number of likely N-dealkylation sites (N-methyl/N-ethyl adjacent to an activating group) is 1. The van der Waals surface area contributed by atoms with Crippen molar-refractivity contribution in [3.8, 4) is 0 Å². The van der Waals surface area contributed by atoms with Crippen LogP contribution in [-0.2, 0) is 14.4 Å². The van der Waals surface area contributed by atoms with Gasteiger partial charge >= 0.3 is 0 Å². The van der Waals surface area contributed by atoms with Crippen molar-refractivity contribution >= 4 is 29.3 Å². The molecule has 4 rings (SSSR count). The van der Waals surface area contributed by atoms with Crippen LogP contribution in [0.15, 0.2) is 66.7 Å².